The van der Waals surface area contributed by atoms with Crippen LogP contribution in [0.15, 0.2) is 21.7 Å². The highest BCUT2D eigenvalue weighted by Crippen LogP contribution is 2.23. The number of hydrogen-bond donors (Lipinski definition) is 2. The summed E-state index contributed by atoms with van der Waals surface area (Å²) in [6.45, 7) is 1.78. The molecule has 5 nitrogen and oxygen atoms in total. The van der Waals surface area contributed by atoms with Crippen molar-refractivity contribution in [3.8, 4) is 0 Å². The normalized spacial score (nSPS) is 10.3. The molecule has 84 valence electrons. The predicted octanol–water partition coefficient (Wildman–Crippen LogP) is 1.91. The van der Waals surface area contributed by atoms with Crippen LogP contribution in [-0.2, 0) is 4.79 Å². The summed E-state index contributed by atoms with van der Waals surface area (Å²) in [6.07, 6.45) is 0. The van der Waals surface area contributed by atoms with Crippen LogP contribution in [0.25, 0.3) is 0 Å². The number of aromatic nitrogens is 3. The van der Waals surface area contributed by atoms with Crippen LogP contribution in [-0.4, -0.2) is 26.8 Å². The van der Waals surface area contributed by atoms with Crippen molar-refractivity contribution in [1.29, 1.82) is 0 Å². The first-order valence-electron chi connectivity index (χ1n) is 4.59. The highest BCUT2D eigenvalue weighted by Gasteiger charge is 2.06. The van der Waals surface area contributed by atoms with E-state index in [2.05, 4.69) is 20.5 Å². The van der Waals surface area contributed by atoms with Crippen molar-refractivity contribution in [1.82, 2.24) is 15.2 Å². The summed E-state index contributed by atoms with van der Waals surface area (Å²) in [7, 11) is 0. The second-order valence-electron chi connectivity index (χ2n) is 3.01. The maximum atomic E-state index is 11.5. The topological polar surface area (TPSA) is 70.7 Å². The molecule has 0 atom stereocenters. The van der Waals surface area contributed by atoms with Crippen molar-refractivity contribution < 1.29 is 4.79 Å². The molecule has 2 rings (SSSR count). The molecular formula is C9H10N4OS2. The Labute approximate surface area is 101 Å². The number of carbonyl (C=O) groups is 1. The van der Waals surface area contributed by atoms with Crippen LogP contribution in [0, 0.1) is 6.92 Å². The summed E-state index contributed by atoms with van der Waals surface area (Å²) in [5.74, 6) is 1.28. The van der Waals surface area contributed by atoms with Crippen molar-refractivity contribution in [2.45, 2.75) is 11.1 Å². The number of rotatable bonds is 4. The second kappa shape index (κ2) is 5.13. The van der Waals surface area contributed by atoms with Gasteiger partial charge in [-0.15, -0.1) is 28.2 Å². The van der Waals surface area contributed by atoms with E-state index in [4.69, 9.17) is 0 Å². The molecule has 2 aromatic heterocycles. The van der Waals surface area contributed by atoms with Gasteiger partial charge in [-0.3, -0.25) is 15.2 Å². The number of carbonyl (C=O) groups excluding carboxylic acids is 1. The van der Waals surface area contributed by atoms with Crippen molar-refractivity contribution in [3.63, 3.8) is 0 Å². The second-order valence-corrected chi connectivity index (χ2v) is 5.24. The first-order valence-corrected chi connectivity index (χ1v) is 6.46. The number of anilines is 1. The summed E-state index contributed by atoms with van der Waals surface area (Å²) in [5, 5.41) is 11.1. The van der Waals surface area contributed by atoms with E-state index in [-0.39, 0.29) is 5.91 Å². The SMILES string of the molecule is Cc1nc(NC(=O)CSc2cccs2)n[nH]1. The average molecular weight is 254 g/mol. The van der Waals surface area contributed by atoms with E-state index in [1.165, 1.54) is 11.8 Å². The van der Waals surface area contributed by atoms with E-state index in [9.17, 15) is 4.79 Å². The van der Waals surface area contributed by atoms with Crippen molar-refractivity contribution in [2.75, 3.05) is 11.1 Å². The number of aromatic amines is 1. The number of thioether (sulfide) groups is 1. The molecule has 7 heteroatoms. The molecule has 0 bridgehead atoms. The summed E-state index contributed by atoms with van der Waals surface area (Å²) in [6, 6.07) is 3.95. The van der Waals surface area contributed by atoms with Gasteiger partial charge in [0.1, 0.15) is 5.82 Å². The molecule has 2 N–H and O–H groups in total. The lowest BCUT2D eigenvalue weighted by atomic mass is 10.7. The van der Waals surface area contributed by atoms with Gasteiger partial charge in [0.2, 0.25) is 11.9 Å². The highest BCUT2D eigenvalue weighted by atomic mass is 32.2. The Morgan fingerprint density at radius 3 is 3.19 bits per heavy atom. The van der Waals surface area contributed by atoms with Crippen molar-refractivity contribution in [3.05, 3.63) is 23.3 Å². The monoisotopic (exact) mass is 254 g/mol. The summed E-state index contributed by atoms with van der Waals surface area (Å²) < 4.78 is 1.13. The predicted molar refractivity (Wildman–Crippen MR) is 64.8 cm³/mol. The molecule has 0 unspecified atom stereocenters. The number of H-pyrrole nitrogens is 1. The fourth-order valence-electron chi connectivity index (χ4n) is 1.04. The van der Waals surface area contributed by atoms with Crippen LogP contribution >= 0.6 is 23.1 Å². The average Bonchev–Trinajstić information content (AvgIpc) is 2.87. The minimum Gasteiger partial charge on any atom is -0.292 e. The Hall–Kier alpha value is -1.34. The lowest BCUT2D eigenvalue weighted by Crippen LogP contribution is -2.14. The summed E-state index contributed by atoms with van der Waals surface area (Å²) in [4.78, 5) is 15.5. The Morgan fingerprint density at radius 2 is 2.56 bits per heavy atom. The van der Waals surface area contributed by atoms with Crippen LogP contribution in [0.4, 0.5) is 5.95 Å². The molecule has 0 aliphatic rings. The maximum Gasteiger partial charge on any atom is 0.248 e. The molecule has 0 radical (unpaired) electrons. The quantitative estimate of drug-likeness (QED) is 0.818. The van der Waals surface area contributed by atoms with Gasteiger partial charge in [0.05, 0.1) is 9.96 Å². The van der Waals surface area contributed by atoms with Crippen molar-refractivity contribution in [2.24, 2.45) is 0 Å². The third-order valence-corrected chi connectivity index (χ3v) is 3.82. The summed E-state index contributed by atoms with van der Waals surface area (Å²) >= 11 is 3.12. The first kappa shape index (κ1) is 11.2. The Kier molecular flexibility index (Phi) is 3.58. The lowest BCUT2D eigenvalue weighted by molar-refractivity contribution is -0.113. The zero-order valence-electron chi connectivity index (χ0n) is 8.56. The first-order chi connectivity index (χ1) is 7.74. The molecule has 1 amide bonds. The molecule has 0 saturated heterocycles. The van der Waals surface area contributed by atoms with E-state index in [0.29, 0.717) is 17.5 Å². The number of nitrogens with one attached hydrogen (secondary N) is 2. The molecule has 0 aliphatic carbocycles. The minimum absolute atomic E-state index is 0.0996. The molecule has 0 fully saturated rings. The van der Waals surface area contributed by atoms with Crippen LogP contribution < -0.4 is 5.32 Å². The Balaban J connectivity index is 1.81. The van der Waals surface area contributed by atoms with Gasteiger partial charge in [-0.25, -0.2) is 0 Å². The van der Waals surface area contributed by atoms with Crippen LogP contribution in [0.1, 0.15) is 5.82 Å². The van der Waals surface area contributed by atoms with Gasteiger partial charge >= 0.3 is 0 Å². The number of hydrogen-bond acceptors (Lipinski definition) is 5. The van der Waals surface area contributed by atoms with E-state index >= 15 is 0 Å². The Bertz CT molecular complexity index is 466. The lowest BCUT2D eigenvalue weighted by Gasteiger charge is -1.98. The van der Waals surface area contributed by atoms with Gasteiger partial charge in [-0.2, -0.15) is 4.98 Å². The number of thiophene rings is 1. The molecule has 2 aromatic rings. The van der Waals surface area contributed by atoms with Crippen LogP contribution in [0.3, 0.4) is 0 Å². The van der Waals surface area contributed by atoms with Crippen LogP contribution in [0.5, 0.6) is 0 Å². The largest absolute Gasteiger partial charge is 0.292 e. The molecule has 0 saturated carbocycles. The highest BCUT2D eigenvalue weighted by molar-refractivity contribution is 8.01. The van der Waals surface area contributed by atoms with Gasteiger partial charge < -0.3 is 0 Å². The van der Waals surface area contributed by atoms with E-state index in [0.717, 1.165) is 4.21 Å². The molecule has 0 aliphatic heterocycles. The molecule has 16 heavy (non-hydrogen) atoms. The van der Waals surface area contributed by atoms with E-state index < -0.39 is 0 Å². The van der Waals surface area contributed by atoms with Crippen molar-refractivity contribution >= 4 is 35.0 Å². The third kappa shape index (κ3) is 3.07. The van der Waals surface area contributed by atoms with E-state index in [1.807, 2.05) is 17.5 Å². The zero-order valence-corrected chi connectivity index (χ0v) is 10.2. The standard InChI is InChI=1S/C9H10N4OS2/c1-6-10-9(13-12-6)11-7(14)5-16-8-3-2-4-15-8/h2-4H,5H2,1H3,(H2,10,11,12,13,14). The van der Waals surface area contributed by atoms with E-state index in [1.54, 1.807) is 18.3 Å². The third-order valence-electron chi connectivity index (χ3n) is 1.69. The molecule has 0 aromatic carbocycles. The van der Waals surface area contributed by atoms with Gasteiger partial charge in [0.25, 0.3) is 0 Å². The Morgan fingerprint density at radius 1 is 1.69 bits per heavy atom. The van der Waals surface area contributed by atoms with Gasteiger partial charge in [0, 0.05) is 0 Å². The maximum absolute atomic E-state index is 11.5. The van der Waals surface area contributed by atoms with Crippen LogP contribution in [0.2, 0.25) is 0 Å². The minimum atomic E-state index is -0.0996. The number of nitrogens with zero attached hydrogens (tertiary/aromatic N) is 2. The van der Waals surface area contributed by atoms with Gasteiger partial charge in [-0.05, 0) is 18.4 Å². The zero-order chi connectivity index (χ0) is 11.4. The molecular weight excluding hydrogens is 244 g/mol. The molecule has 0 spiro atoms. The smallest absolute Gasteiger partial charge is 0.248 e. The fourth-order valence-corrected chi connectivity index (χ4v) is 2.63. The number of aryl methyl sites for hydroxylation is 1. The van der Waals surface area contributed by atoms with Gasteiger partial charge in [-0.1, -0.05) is 6.07 Å². The fraction of sp³-hybridized carbons (Fsp3) is 0.222. The molecule has 2 heterocycles. The van der Waals surface area contributed by atoms with Gasteiger partial charge in [0.15, 0.2) is 0 Å². The number of amides is 1. The summed E-state index contributed by atoms with van der Waals surface area (Å²) in [5.41, 5.74) is 0.